The zero-order valence-corrected chi connectivity index (χ0v) is 9.94. The molecule has 0 bridgehead atoms. The topological polar surface area (TPSA) is 115 Å². The highest BCUT2D eigenvalue weighted by molar-refractivity contribution is 5.72. The molecule has 0 aromatic carbocycles. The molecule has 0 aliphatic heterocycles. The van der Waals surface area contributed by atoms with Gasteiger partial charge in [-0.15, -0.1) is 0 Å². The van der Waals surface area contributed by atoms with Gasteiger partial charge in [0.05, 0.1) is 12.0 Å². The number of fused-ring (bicyclic) bond motifs is 1. The third kappa shape index (κ3) is 1.80. The molecule has 3 rings (SSSR count). The van der Waals surface area contributed by atoms with E-state index in [1.54, 1.807) is 11.6 Å². The van der Waals surface area contributed by atoms with Gasteiger partial charge in [-0.25, -0.2) is 15.0 Å². The summed E-state index contributed by atoms with van der Waals surface area (Å²) in [5, 5.41) is 10.9. The molecule has 96 valence electrons. The summed E-state index contributed by atoms with van der Waals surface area (Å²) in [5.74, 6) is -0.159. The van der Waals surface area contributed by atoms with Crippen molar-refractivity contribution in [2.24, 2.45) is 7.05 Å². The Bertz CT molecular complexity index is 760. The summed E-state index contributed by atoms with van der Waals surface area (Å²) in [7, 11) is 1.71. The number of rotatable bonds is 3. The van der Waals surface area contributed by atoms with Crippen molar-refractivity contribution < 1.29 is 4.92 Å². The number of imidazole rings is 2. The third-order valence-electron chi connectivity index (χ3n) is 2.85. The van der Waals surface area contributed by atoms with Crippen LogP contribution in [0.3, 0.4) is 0 Å². The minimum Gasteiger partial charge on any atom is -0.358 e. The van der Waals surface area contributed by atoms with Crippen LogP contribution >= 0.6 is 0 Å². The molecule has 9 nitrogen and oxygen atoms in total. The van der Waals surface area contributed by atoms with Crippen molar-refractivity contribution in [3.8, 4) is 0 Å². The van der Waals surface area contributed by atoms with Crippen molar-refractivity contribution in [1.82, 2.24) is 29.5 Å². The molecule has 3 aromatic heterocycles. The Balaban J connectivity index is 2.08. The van der Waals surface area contributed by atoms with E-state index in [0.717, 1.165) is 0 Å². The first-order valence-corrected chi connectivity index (χ1v) is 5.44. The summed E-state index contributed by atoms with van der Waals surface area (Å²) in [6.07, 6.45) is 4.61. The monoisotopic (exact) mass is 259 g/mol. The van der Waals surface area contributed by atoms with Crippen molar-refractivity contribution in [2.75, 3.05) is 0 Å². The first-order valence-electron chi connectivity index (χ1n) is 5.44. The molecule has 3 heterocycles. The lowest BCUT2D eigenvalue weighted by atomic mass is 10.2. The van der Waals surface area contributed by atoms with Crippen molar-refractivity contribution in [1.29, 1.82) is 0 Å². The van der Waals surface area contributed by atoms with E-state index in [1.807, 2.05) is 0 Å². The van der Waals surface area contributed by atoms with Crippen LogP contribution in [0.15, 0.2) is 19.0 Å². The molecule has 3 aromatic rings. The zero-order valence-electron chi connectivity index (χ0n) is 9.94. The predicted octanol–water partition coefficient (Wildman–Crippen LogP) is 0.585. The summed E-state index contributed by atoms with van der Waals surface area (Å²) in [5.41, 5.74) is 2.35. The molecule has 19 heavy (non-hydrogen) atoms. The van der Waals surface area contributed by atoms with E-state index in [2.05, 4.69) is 24.9 Å². The van der Waals surface area contributed by atoms with Gasteiger partial charge >= 0.3 is 5.82 Å². The molecule has 0 unspecified atom stereocenters. The number of H-pyrrole nitrogens is 1. The molecule has 0 aliphatic carbocycles. The van der Waals surface area contributed by atoms with Crippen LogP contribution in [-0.2, 0) is 13.5 Å². The van der Waals surface area contributed by atoms with E-state index < -0.39 is 4.92 Å². The Kier molecular flexibility index (Phi) is 2.44. The summed E-state index contributed by atoms with van der Waals surface area (Å²) >= 11 is 0. The van der Waals surface area contributed by atoms with Crippen molar-refractivity contribution in [2.45, 2.75) is 6.42 Å². The molecule has 0 atom stereocenters. The molecule has 0 spiro atoms. The largest absolute Gasteiger partial charge is 0.385 e. The fraction of sp³-hybridized carbons (Fsp3) is 0.200. The lowest BCUT2D eigenvalue weighted by Crippen LogP contribution is -2.03. The molecule has 0 radical (unpaired) electrons. The summed E-state index contributed by atoms with van der Waals surface area (Å²) in [6.45, 7) is 0. The number of aromatic amines is 1. The highest BCUT2D eigenvalue weighted by Crippen LogP contribution is 2.20. The second-order valence-corrected chi connectivity index (χ2v) is 3.98. The van der Waals surface area contributed by atoms with E-state index >= 15 is 0 Å². The van der Waals surface area contributed by atoms with E-state index in [4.69, 9.17) is 0 Å². The summed E-state index contributed by atoms with van der Waals surface area (Å²) < 4.78 is 1.61. The van der Waals surface area contributed by atoms with Crippen LogP contribution in [0.25, 0.3) is 11.2 Å². The van der Waals surface area contributed by atoms with Crippen LogP contribution in [0.2, 0.25) is 0 Å². The molecule has 0 saturated carbocycles. The van der Waals surface area contributed by atoms with Gasteiger partial charge in [0.1, 0.15) is 17.5 Å². The van der Waals surface area contributed by atoms with Gasteiger partial charge in [0.2, 0.25) is 6.33 Å². The Hall–Kier alpha value is -2.84. The SMILES string of the molecule is Cn1cnc([N+](=O)[O-])c1Cc1ncnc2nc[nH]c12. The number of hydrogen-bond donors (Lipinski definition) is 1. The van der Waals surface area contributed by atoms with Crippen LogP contribution in [0.1, 0.15) is 11.4 Å². The molecule has 0 fully saturated rings. The van der Waals surface area contributed by atoms with E-state index in [0.29, 0.717) is 22.6 Å². The van der Waals surface area contributed by atoms with Crippen LogP contribution in [-0.4, -0.2) is 34.4 Å². The van der Waals surface area contributed by atoms with Gasteiger partial charge in [0, 0.05) is 13.5 Å². The average molecular weight is 259 g/mol. The normalized spacial score (nSPS) is 11.0. The molecule has 9 heteroatoms. The lowest BCUT2D eigenvalue weighted by molar-refractivity contribution is -0.390. The first-order chi connectivity index (χ1) is 9.16. The number of aryl methyl sites for hydroxylation is 1. The maximum Gasteiger partial charge on any atom is 0.385 e. The number of aromatic nitrogens is 6. The standard InChI is InChI=1S/C10H9N7O2/c1-16-5-15-10(17(18)19)7(16)2-6-8-9(13-3-11-6)14-4-12-8/h3-5H,2H2,1H3,(H,11,12,13,14). The Morgan fingerprint density at radius 3 is 3.00 bits per heavy atom. The Morgan fingerprint density at radius 1 is 1.37 bits per heavy atom. The minimum absolute atomic E-state index is 0.159. The lowest BCUT2D eigenvalue weighted by Gasteiger charge is -2.02. The first kappa shape index (κ1) is 11.3. The smallest absolute Gasteiger partial charge is 0.358 e. The summed E-state index contributed by atoms with van der Waals surface area (Å²) in [4.78, 5) is 29.3. The summed E-state index contributed by atoms with van der Waals surface area (Å²) in [6, 6.07) is 0. The van der Waals surface area contributed by atoms with Crippen LogP contribution in [0, 0.1) is 10.1 Å². The zero-order chi connectivity index (χ0) is 13.4. The molecule has 0 aliphatic rings. The number of nitro groups is 1. The van der Waals surface area contributed by atoms with Crippen molar-refractivity contribution in [3.05, 3.63) is 40.5 Å². The van der Waals surface area contributed by atoms with Crippen molar-refractivity contribution in [3.63, 3.8) is 0 Å². The Labute approximate surface area is 106 Å². The fourth-order valence-corrected chi connectivity index (χ4v) is 1.91. The number of hydrogen-bond acceptors (Lipinski definition) is 6. The molecular formula is C10H9N7O2. The predicted molar refractivity (Wildman–Crippen MR) is 64.4 cm³/mol. The van der Waals surface area contributed by atoms with Crippen LogP contribution in [0.5, 0.6) is 0 Å². The maximum absolute atomic E-state index is 10.9. The Morgan fingerprint density at radius 2 is 2.21 bits per heavy atom. The van der Waals surface area contributed by atoms with E-state index in [-0.39, 0.29) is 12.2 Å². The minimum atomic E-state index is -0.499. The van der Waals surface area contributed by atoms with E-state index in [9.17, 15) is 10.1 Å². The third-order valence-corrected chi connectivity index (χ3v) is 2.85. The second kappa shape index (κ2) is 4.12. The van der Waals surface area contributed by atoms with Gasteiger partial charge in [-0.1, -0.05) is 0 Å². The quantitative estimate of drug-likeness (QED) is 0.543. The molecule has 1 N–H and O–H groups in total. The number of nitrogens with one attached hydrogen (secondary N) is 1. The highest BCUT2D eigenvalue weighted by atomic mass is 16.6. The second-order valence-electron chi connectivity index (χ2n) is 3.98. The van der Waals surface area contributed by atoms with Gasteiger partial charge in [0.25, 0.3) is 0 Å². The average Bonchev–Trinajstić information content (AvgIpc) is 2.97. The van der Waals surface area contributed by atoms with E-state index in [1.165, 1.54) is 19.0 Å². The van der Waals surface area contributed by atoms with Crippen LogP contribution < -0.4 is 0 Å². The van der Waals surface area contributed by atoms with Gasteiger partial charge in [0.15, 0.2) is 5.65 Å². The molecule has 0 saturated heterocycles. The maximum atomic E-state index is 10.9. The van der Waals surface area contributed by atoms with Gasteiger partial charge in [-0.2, -0.15) is 0 Å². The molecule has 0 amide bonds. The van der Waals surface area contributed by atoms with Gasteiger partial charge in [-0.05, 0) is 9.91 Å². The van der Waals surface area contributed by atoms with Crippen LogP contribution in [0.4, 0.5) is 5.82 Å². The highest BCUT2D eigenvalue weighted by Gasteiger charge is 2.21. The number of nitrogens with zero attached hydrogens (tertiary/aromatic N) is 6. The molecular weight excluding hydrogens is 250 g/mol. The van der Waals surface area contributed by atoms with Gasteiger partial charge in [-0.3, -0.25) is 0 Å². The van der Waals surface area contributed by atoms with Crippen molar-refractivity contribution >= 4 is 17.0 Å². The van der Waals surface area contributed by atoms with Gasteiger partial charge < -0.3 is 19.7 Å². The fourth-order valence-electron chi connectivity index (χ4n) is 1.91.